The Morgan fingerprint density at radius 1 is 1.19 bits per heavy atom. The van der Waals surface area contributed by atoms with Gasteiger partial charge in [-0.3, -0.25) is 9.48 Å². The fourth-order valence-electron chi connectivity index (χ4n) is 2.55. The smallest absolute Gasteiger partial charge is 0.270 e. The molecule has 0 atom stereocenters. The highest BCUT2D eigenvalue weighted by Crippen LogP contribution is 2.24. The summed E-state index contributed by atoms with van der Waals surface area (Å²) in [6.07, 6.45) is 4.85. The van der Waals surface area contributed by atoms with Gasteiger partial charge in [0.2, 0.25) is 0 Å². The minimum atomic E-state index is -4.02. The van der Waals surface area contributed by atoms with E-state index in [-0.39, 0.29) is 10.5 Å². The fourth-order valence-corrected chi connectivity index (χ4v) is 4.34. The first kappa shape index (κ1) is 18.4. The minimum Gasteiger partial charge on any atom is -0.308 e. The van der Waals surface area contributed by atoms with E-state index in [1.54, 1.807) is 36.1 Å². The Bertz CT molecular complexity index is 1060. The lowest BCUT2D eigenvalue weighted by Gasteiger charge is -2.11. The van der Waals surface area contributed by atoms with Crippen LogP contribution in [0.15, 0.2) is 52.2 Å². The van der Waals surface area contributed by atoms with Crippen LogP contribution < -0.4 is 4.72 Å². The number of hydrogen-bond donors (Lipinski definition) is 1. The van der Waals surface area contributed by atoms with E-state index < -0.39 is 15.9 Å². The highest BCUT2D eigenvalue weighted by Gasteiger charge is 2.24. The number of hydrogen-bond acceptors (Lipinski definition) is 4. The first-order valence-corrected chi connectivity index (χ1v) is 9.97. The molecule has 0 bridgehead atoms. The van der Waals surface area contributed by atoms with Gasteiger partial charge in [0, 0.05) is 23.9 Å². The molecule has 0 saturated carbocycles. The third-order valence-electron chi connectivity index (χ3n) is 4.12. The van der Waals surface area contributed by atoms with Crippen LogP contribution in [0, 0.1) is 13.8 Å². The quantitative estimate of drug-likeness (QED) is 0.680. The van der Waals surface area contributed by atoms with E-state index in [0.29, 0.717) is 10.3 Å². The molecule has 0 fully saturated rings. The van der Waals surface area contributed by atoms with Gasteiger partial charge in [0.15, 0.2) is 0 Å². The normalized spacial score (nSPS) is 11.5. The van der Waals surface area contributed by atoms with E-state index in [2.05, 4.69) is 25.8 Å². The standard InChI is InChI=1S/C17H17BrN4O3S/c1-11-8-13(9-15(18)12(11)2)26(24,25)20-16(23)14-10-19-21(3)17(14)22-6-4-5-7-22/h4-10H,1-3H3,(H,20,23). The summed E-state index contributed by atoms with van der Waals surface area (Å²) in [6.45, 7) is 3.69. The molecule has 7 nitrogen and oxygen atoms in total. The molecule has 0 unspecified atom stereocenters. The van der Waals surface area contributed by atoms with Gasteiger partial charge in [-0.05, 0) is 49.2 Å². The lowest BCUT2D eigenvalue weighted by Crippen LogP contribution is -2.31. The number of aryl methyl sites for hydroxylation is 2. The van der Waals surface area contributed by atoms with Crippen LogP contribution in [0.5, 0.6) is 0 Å². The molecule has 0 radical (unpaired) electrons. The highest BCUT2D eigenvalue weighted by atomic mass is 79.9. The van der Waals surface area contributed by atoms with Crippen LogP contribution >= 0.6 is 15.9 Å². The number of rotatable bonds is 4. The van der Waals surface area contributed by atoms with Crippen molar-refractivity contribution in [1.82, 2.24) is 19.1 Å². The Balaban J connectivity index is 1.96. The third-order valence-corrected chi connectivity index (χ3v) is 6.25. The minimum absolute atomic E-state index is 0.0206. The number of nitrogens with zero attached hydrogens (tertiary/aromatic N) is 3. The summed E-state index contributed by atoms with van der Waals surface area (Å²) in [5.74, 6) is -0.264. The van der Waals surface area contributed by atoms with E-state index in [0.717, 1.165) is 11.1 Å². The Kier molecular flexibility index (Phi) is 4.76. The molecule has 2 heterocycles. The zero-order valence-corrected chi connectivity index (χ0v) is 16.8. The first-order valence-electron chi connectivity index (χ1n) is 7.70. The topological polar surface area (TPSA) is 86.0 Å². The van der Waals surface area contributed by atoms with Crippen molar-refractivity contribution in [3.8, 4) is 5.82 Å². The Morgan fingerprint density at radius 2 is 1.85 bits per heavy atom. The molecule has 3 rings (SSSR count). The molecule has 136 valence electrons. The predicted octanol–water partition coefficient (Wildman–Crippen LogP) is 2.71. The van der Waals surface area contributed by atoms with Crippen molar-refractivity contribution in [3.05, 3.63) is 64.0 Å². The van der Waals surface area contributed by atoms with Crippen molar-refractivity contribution in [3.63, 3.8) is 0 Å². The molecule has 0 spiro atoms. The van der Waals surface area contributed by atoms with Gasteiger partial charge in [-0.2, -0.15) is 5.10 Å². The van der Waals surface area contributed by atoms with Crippen molar-refractivity contribution in [1.29, 1.82) is 0 Å². The lowest BCUT2D eigenvalue weighted by atomic mass is 10.1. The van der Waals surface area contributed by atoms with Gasteiger partial charge < -0.3 is 4.57 Å². The molecular weight excluding hydrogens is 420 g/mol. The molecule has 1 N–H and O–H groups in total. The Hall–Kier alpha value is -2.39. The number of nitrogens with one attached hydrogen (secondary N) is 1. The molecule has 0 aliphatic rings. The van der Waals surface area contributed by atoms with Crippen molar-refractivity contribution in [2.24, 2.45) is 7.05 Å². The number of sulfonamides is 1. The van der Waals surface area contributed by atoms with E-state index in [4.69, 9.17) is 0 Å². The largest absolute Gasteiger partial charge is 0.308 e. The molecule has 1 amide bonds. The summed E-state index contributed by atoms with van der Waals surface area (Å²) < 4.78 is 31.3. The number of amides is 1. The summed E-state index contributed by atoms with van der Waals surface area (Å²) in [5.41, 5.74) is 1.91. The summed E-state index contributed by atoms with van der Waals surface area (Å²) in [7, 11) is -2.34. The maximum Gasteiger partial charge on any atom is 0.270 e. The van der Waals surface area contributed by atoms with Gasteiger partial charge in [-0.25, -0.2) is 13.1 Å². The number of carbonyl (C=O) groups is 1. The first-order chi connectivity index (χ1) is 12.2. The summed E-state index contributed by atoms with van der Waals surface area (Å²) in [6, 6.07) is 6.62. The summed E-state index contributed by atoms with van der Waals surface area (Å²) in [5, 5.41) is 4.07. The van der Waals surface area contributed by atoms with Crippen LogP contribution in [0.25, 0.3) is 5.82 Å². The van der Waals surface area contributed by atoms with Gasteiger partial charge in [0.25, 0.3) is 15.9 Å². The number of aromatic nitrogens is 3. The second-order valence-corrected chi connectivity index (χ2v) is 8.41. The second kappa shape index (κ2) is 6.73. The molecule has 2 aromatic heterocycles. The van der Waals surface area contributed by atoms with Crippen LogP contribution in [0.2, 0.25) is 0 Å². The van der Waals surface area contributed by atoms with Crippen LogP contribution in [0.4, 0.5) is 0 Å². The van der Waals surface area contributed by atoms with Gasteiger partial charge >= 0.3 is 0 Å². The second-order valence-electron chi connectivity index (χ2n) is 5.88. The number of carbonyl (C=O) groups excluding carboxylic acids is 1. The molecule has 0 aliphatic heterocycles. The van der Waals surface area contributed by atoms with Crippen molar-refractivity contribution in [2.45, 2.75) is 18.7 Å². The molecule has 26 heavy (non-hydrogen) atoms. The zero-order chi connectivity index (χ0) is 19.1. The van der Waals surface area contributed by atoms with Crippen molar-refractivity contribution < 1.29 is 13.2 Å². The molecule has 1 aromatic carbocycles. The summed E-state index contributed by atoms with van der Waals surface area (Å²) in [4.78, 5) is 12.7. The molecular formula is C17H17BrN4O3S. The van der Waals surface area contributed by atoms with Crippen molar-refractivity contribution >= 4 is 31.9 Å². The van der Waals surface area contributed by atoms with Crippen LogP contribution in [-0.4, -0.2) is 28.7 Å². The van der Waals surface area contributed by atoms with E-state index >= 15 is 0 Å². The molecule has 9 heteroatoms. The third kappa shape index (κ3) is 3.32. The van der Waals surface area contributed by atoms with Crippen LogP contribution in [-0.2, 0) is 17.1 Å². The van der Waals surface area contributed by atoms with Crippen LogP contribution in [0.1, 0.15) is 21.5 Å². The van der Waals surface area contributed by atoms with Gasteiger partial charge in [-0.1, -0.05) is 15.9 Å². The molecule has 3 aromatic rings. The molecule has 0 saturated heterocycles. The fraction of sp³-hybridized carbons (Fsp3) is 0.176. The van der Waals surface area contributed by atoms with E-state index in [1.165, 1.54) is 23.0 Å². The number of halogens is 1. The highest BCUT2D eigenvalue weighted by molar-refractivity contribution is 9.10. The monoisotopic (exact) mass is 436 g/mol. The predicted molar refractivity (Wildman–Crippen MR) is 101 cm³/mol. The summed E-state index contributed by atoms with van der Waals surface area (Å²) >= 11 is 3.35. The maximum atomic E-state index is 12.6. The van der Waals surface area contributed by atoms with E-state index in [9.17, 15) is 13.2 Å². The average molecular weight is 437 g/mol. The zero-order valence-electron chi connectivity index (χ0n) is 14.4. The van der Waals surface area contributed by atoms with Gasteiger partial charge in [-0.15, -0.1) is 0 Å². The SMILES string of the molecule is Cc1cc(S(=O)(=O)NC(=O)c2cnn(C)c2-n2cccc2)cc(Br)c1C. The van der Waals surface area contributed by atoms with Crippen LogP contribution in [0.3, 0.4) is 0 Å². The van der Waals surface area contributed by atoms with Gasteiger partial charge in [0.05, 0.1) is 11.1 Å². The van der Waals surface area contributed by atoms with Crippen molar-refractivity contribution in [2.75, 3.05) is 0 Å². The number of benzene rings is 1. The lowest BCUT2D eigenvalue weighted by molar-refractivity contribution is 0.0981. The average Bonchev–Trinajstić information content (AvgIpc) is 3.20. The Morgan fingerprint density at radius 3 is 2.46 bits per heavy atom. The molecule has 0 aliphatic carbocycles. The van der Waals surface area contributed by atoms with E-state index in [1.807, 2.05) is 13.8 Å². The van der Waals surface area contributed by atoms with Gasteiger partial charge in [0.1, 0.15) is 11.4 Å². The maximum absolute atomic E-state index is 12.6. The Labute approximate surface area is 159 Å².